The summed E-state index contributed by atoms with van der Waals surface area (Å²) < 4.78 is 32.9. The van der Waals surface area contributed by atoms with Crippen molar-refractivity contribution in [2.24, 2.45) is 0 Å². The lowest BCUT2D eigenvalue weighted by atomic mass is 9.98. The molecule has 1 fully saturated rings. The van der Waals surface area contributed by atoms with Crippen molar-refractivity contribution in [2.75, 3.05) is 13.1 Å². The van der Waals surface area contributed by atoms with Crippen LogP contribution in [0.25, 0.3) is 11.5 Å². The third-order valence-electron chi connectivity index (χ3n) is 4.67. The molecule has 0 aliphatic carbocycles. The van der Waals surface area contributed by atoms with E-state index >= 15 is 0 Å². The first-order chi connectivity index (χ1) is 12.5. The van der Waals surface area contributed by atoms with E-state index in [1.165, 1.54) is 0 Å². The van der Waals surface area contributed by atoms with Gasteiger partial charge in [0.15, 0.2) is 0 Å². The van der Waals surface area contributed by atoms with Crippen LogP contribution < -0.4 is 0 Å². The van der Waals surface area contributed by atoms with Crippen molar-refractivity contribution in [3.63, 3.8) is 0 Å². The van der Waals surface area contributed by atoms with Gasteiger partial charge < -0.3 is 4.42 Å². The maximum Gasteiger partial charge on any atom is 0.248 e. The predicted octanol–water partition coefficient (Wildman–Crippen LogP) is 3.67. The molecule has 0 amide bonds. The maximum absolute atomic E-state index is 12.8. The molecule has 8 heteroatoms. The molecule has 0 radical (unpaired) electrons. The van der Waals surface area contributed by atoms with Crippen molar-refractivity contribution in [2.45, 2.75) is 30.6 Å². The lowest BCUT2D eigenvalue weighted by molar-refractivity contribution is 0.291. The van der Waals surface area contributed by atoms with E-state index in [0.29, 0.717) is 42.6 Å². The highest BCUT2D eigenvalue weighted by Gasteiger charge is 2.32. The first-order valence-electron chi connectivity index (χ1n) is 8.47. The molecule has 0 N–H and O–H groups in total. The number of hydrogen-bond donors (Lipinski definition) is 0. The van der Waals surface area contributed by atoms with E-state index in [4.69, 9.17) is 4.42 Å². The largest absolute Gasteiger partial charge is 0.420 e. The lowest BCUT2D eigenvalue weighted by Crippen LogP contribution is -2.37. The number of nitrogens with zero attached hydrogens (tertiary/aromatic N) is 3. The number of piperidine rings is 1. The van der Waals surface area contributed by atoms with E-state index in [2.05, 4.69) is 10.2 Å². The summed E-state index contributed by atoms with van der Waals surface area (Å²) in [5.74, 6) is 1.22. The van der Waals surface area contributed by atoms with Crippen LogP contribution in [-0.4, -0.2) is 36.0 Å². The van der Waals surface area contributed by atoms with Crippen LogP contribution in [-0.2, 0) is 10.0 Å². The van der Waals surface area contributed by atoms with Gasteiger partial charge in [0.2, 0.25) is 21.8 Å². The first-order valence-corrected chi connectivity index (χ1v) is 10.8. The van der Waals surface area contributed by atoms with Crippen LogP contribution in [0.4, 0.5) is 0 Å². The Morgan fingerprint density at radius 2 is 1.85 bits per heavy atom. The molecule has 0 saturated carbocycles. The number of rotatable bonds is 4. The highest BCUT2D eigenvalue weighted by Crippen LogP contribution is 2.32. The zero-order chi connectivity index (χ0) is 18.1. The van der Waals surface area contributed by atoms with E-state index < -0.39 is 10.0 Å². The average molecular weight is 390 g/mol. The molecule has 2 aromatic heterocycles. The molecular formula is C18H19N3O3S2. The van der Waals surface area contributed by atoms with Gasteiger partial charge in [-0.2, -0.15) is 15.6 Å². The summed E-state index contributed by atoms with van der Waals surface area (Å²) in [4.78, 5) is 0.346. The maximum atomic E-state index is 12.8. The second-order valence-corrected chi connectivity index (χ2v) is 9.17. The molecule has 26 heavy (non-hydrogen) atoms. The van der Waals surface area contributed by atoms with Crippen molar-refractivity contribution in [3.8, 4) is 11.5 Å². The van der Waals surface area contributed by atoms with Gasteiger partial charge in [0.1, 0.15) is 0 Å². The highest BCUT2D eigenvalue weighted by atomic mass is 32.2. The summed E-state index contributed by atoms with van der Waals surface area (Å²) in [6.07, 6.45) is 1.35. The first kappa shape index (κ1) is 17.4. The SMILES string of the molecule is Cc1ccc(S(=O)(=O)N2CCC(c3nnc(-c4ccsc4)o3)CC2)cc1. The van der Waals surface area contributed by atoms with Gasteiger partial charge in [-0.15, -0.1) is 10.2 Å². The molecule has 0 spiro atoms. The summed E-state index contributed by atoms with van der Waals surface area (Å²) in [6.45, 7) is 2.85. The molecule has 6 nitrogen and oxygen atoms in total. The molecule has 0 atom stereocenters. The van der Waals surface area contributed by atoms with Crippen LogP contribution in [0.1, 0.15) is 30.2 Å². The third kappa shape index (κ3) is 3.32. The van der Waals surface area contributed by atoms with E-state index in [-0.39, 0.29) is 5.92 Å². The number of sulfonamides is 1. The van der Waals surface area contributed by atoms with Gasteiger partial charge in [-0.05, 0) is 43.3 Å². The predicted molar refractivity (Wildman–Crippen MR) is 99.5 cm³/mol. The average Bonchev–Trinajstić information content (AvgIpc) is 3.34. The van der Waals surface area contributed by atoms with Gasteiger partial charge >= 0.3 is 0 Å². The van der Waals surface area contributed by atoms with Gasteiger partial charge in [0.25, 0.3) is 0 Å². The summed E-state index contributed by atoms with van der Waals surface area (Å²) in [6, 6.07) is 8.93. The Bertz CT molecular complexity index is 971. The quantitative estimate of drug-likeness (QED) is 0.680. The Balaban J connectivity index is 1.45. The number of aryl methyl sites for hydroxylation is 1. The van der Waals surface area contributed by atoms with Crippen LogP contribution in [0.3, 0.4) is 0 Å². The van der Waals surface area contributed by atoms with Crippen LogP contribution in [0.5, 0.6) is 0 Å². The minimum atomic E-state index is -3.45. The Morgan fingerprint density at radius 1 is 1.12 bits per heavy atom. The summed E-state index contributed by atoms with van der Waals surface area (Å²) >= 11 is 1.58. The molecule has 4 rings (SSSR count). The zero-order valence-corrected chi connectivity index (χ0v) is 16.0. The molecule has 1 saturated heterocycles. The normalized spacial score (nSPS) is 16.8. The molecule has 1 aromatic carbocycles. The van der Waals surface area contributed by atoms with Crippen LogP contribution in [0.15, 0.2) is 50.4 Å². The molecule has 1 aliphatic rings. The number of aromatic nitrogens is 2. The van der Waals surface area contributed by atoms with Crippen LogP contribution in [0.2, 0.25) is 0 Å². The smallest absolute Gasteiger partial charge is 0.248 e. The zero-order valence-electron chi connectivity index (χ0n) is 14.3. The summed E-state index contributed by atoms with van der Waals surface area (Å²) in [5, 5.41) is 12.2. The molecule has 3 heterocycles. The monoisotopic (exact) mass is 389 g/mol. The molecule has 0 bridgehead atoms. The number of thiophene rings is 1. The number of benzene rings is 1. The van der Waals surface area contributed by atoms with Gasteiger partial charge in [-0.3, -0.25) is 0 Å². The number of hydrogen-bond acceptors (Lipinski definition) is 6. The second kappa shape index (κ2) is 6.94. The lowest BCUT2D eigenvalue weighted by Gasteiger charge is -2.29. The van der Waals surface area contributed by atoms with Gasteiger partial charge in [0.05, 0.1) is 4.90 Å². The van der Waals surface area contributed by atoms with Crippen molar-refractivity contribution in [1.29, 1.82) is 0 Å². The fourth-order valence-corrected chi connectivity index (χ4v) is 5.20. The molecule has 3 aromatic rings. The molecular weight excluding hydrogens is 370 g/mol. The van der Waals surface area contributed by atoms with E-state index in [1.54, 1.807) is 27.8 Å². The fraction of sp³-hybridized carbons (Fsp3) is 0.333. The Kier molecular flexibility index (Phi) is 4.64. The van der Waals surface area contributed by atoms with Gasteiger partial charge in [-0.25, -0.2) is 8.42 Å². The fourth-order valence-electron chi connectivity index (χ4n) is 3.10. The van der Waals surface area contributed by atoms with E-state index in [0.717, 1.165) is 11.1 Å². The minimum Gasteiger partial charge on any atom is -0.420 e. The van der Waals surface area contributed by atoms with Crippen molar-refractivity contribution in [1.82, 2.24) is 14.5 Å². The van der Waals surface area contributed by atoms with Gasteiger partial charge in [-0.1, -0.05) is 17.7 Å². The van der Waals surface area contributed by atoms with Crippen LogP contribution >= 0.6 is 11.3 Å². The van der Waals surface area contributed by atoms with Crippen LogP contribution in [0, 0.1) is 6.92 Å². The van der Waals surface area contributed by atoms with E-state index in [9.17, 15) is 8.42 Å². The molecule has 0 unspecified atom stereocenters. The Morgan fingerprint density at radius 3 is 2.50 bits per heavy atom. The minimum absolute atomic E-state index is 0.0966. The van der Waals surface area contributed by atoms with E-state index in [1.807, 2.05) is 35.9 Å². The summed E-state index contributed by atoms with van der Waals surface area (Å²) in [5.41, 5.74) is 1.97. The standard InChI is InChI=1S/C18H19N3O3S2/c1-13-2-4-16(5-3-13)26(22,23)21-9-6-14(7-10-21)17-19-20-18(24-17)15-8-11-25-12-15/h2-5,8,11-12,14H,6-7,9-10H2,1H3. The third-order valence-corrected chi connectivity index (χ3v) is 7.27. The van der Waals surface area contributed by atoms with Gasteiger partial charge in [0, 0.05) is 30.0 Å². The Hall–Kier alpha value is -2.03. The van der Waals surface area contributed by atoms with Crippen molar-refractivity contribution in [3.05, 3.63) is 52.5 Å². The van der Waals surface area contributed by atoms with Crippen molar-refractivity contribution < 1.29 is 12.8 Å². The molecule has 136 valence electrons. The highest BCUT2D eigenvalue weighted by molar-refractivity contribution is 7.89. The Labute approximate surface area is 156 Å². The second-order valence-electron chi connectivity index (χ2n) is 6.45. The summed E-state index contributed by atoms with van der Waals surface area (Å²) in [7, 11) is -3.45. The molecule has 1 aliphatic heterocycles. The topological polar surface area (TPSA) is 76.3 Å². The van der Waals surface area contributed by atoms with Crippen molar-refractivity contribution >= 4 is 21.4 Å².